The van der Waals surface area contributed by atoms with Gasteiger partial charge in [-0.1, -0.05) is 33.3 Å². The summed E-state index contributed by atoms with van der Waals surface area (Å²) in [6.07, 6.45) is 11.7. The summed E-state index contributed by atoms with van der Waals surface area (Å²) >= 11 is 0. The highest BCUT2D eigenvalue weighted by Crippen LogP contribution is 2.67. The summed E-state index contributed by atoms with van der Waals surface area (Å²) in [5.74, 6) is 3.40. The SMILES string of the molecule is CC(C)CC(=O)O[C@@H](C)C1CCC2C3CCC4=CC(=O)CC[C@]4(C)C3CC[C@@]21C. The lowest BCUT2D eigenvalue weighted by molar-refractivity contribution is -0.156. The van der Waals surface area contributed by atoms with Gasteiger partial charge in [-0.15, -0.1) is 0 Å². The first-order chi connectivity index (χ1) is 13.6. The molecular weight excluding hydrogens is 360 g/mol. The smallest absolute Gasteiger partial charge is 0.306 e. The highest BCUT2D eigenvalue weighted by molar-refractivity contribution is 5.91. The van der Waals surface area contributed by atoms with Gasteiger partial charge in [0, 0.05) is 18.8 Å². The van der Waals surface area contributed by atoms with Gasteiger partial charge in [-0.05, 0) is 92.4 Å². The van der Waals surface area contributed by atoms with Crippen LogP contribution in [0.25, 0.3) is 0 Å². The van der Waals surface area contributed by atoms with E-state index >= 15 is 0 Å². The molecule has 3 nitrogen and oxygen atoms in total. The van der Waals surface area contributed by atoms with Crippen LogP contribution in [-0.4, -0.2) is 17.9 Å². The van der Waals surface area contributed by atoms with E-state index in [-0.39, 0.29) is 17.5 Å². The lowest BCUT2D eigenvalue weighted by Crippen LogP contribution is -2.51. The Bertz CT molecular complexity index is 707. The summed E-state index contributed by atoms with van der Waals surface area (Å²) in [4.78, 5) is 24.3. The van der Waals surface area contributed by atoms with E-state index in [2.05, 4.69) is 34.6 Å². The second-order valence-corrected chi connectivity index (χ2v) is 11.5. The Balaban J connectivity index is 1.51. The van der Waals surface area contributed by atoms with Crippen LogP contribution in [0.4, 0.5) is 0 Å². The van der Waals surface area contributed by atoms with Crippen molar-refractivity contribution >= 4 is 11.8 Å². The quantitative estimate of drug-likeness (QED) is 0.535. The highest BCUT2D eigenvalue weighted by Gasteiger charge is 2.59. The summed E-state index contributed by atoms with van der Waals surface area (Å²) in [6.45, 7) is 11.2. The van der Waals surface area contributed by atoms with Crippen LogP contribution in [0.3, 0.4) is 0 Å². The molecule has 0 radical (unpaired) electrons. The summed E-state index contributed by atoms with van der Waals surface area (Å²) in [5.41, 5.74) is 1.98. The molecule has 0 amide bonds. The second-order valence-electron chi connectivity index (χ2n) is 11.5. The topological polar surface area (TPSA) is 43.4 Å². The molecule has 7 atom stereocenters. The number of fused-ring (bicyclic) bond motifs is 5. The van der Waals surface area contributed by atoms with Gasteiger partial charge >= 0.3 is 5.97 Å². The molecule has 3 heteroatoms. The molecular formula is C26H40O3. The molecule has 4 unspecified atom stereocenters. The standard InChI is InChI=1S/C26H40O3/c1-16(2)14-24(28)29-17(3)21-8-9-22-20-7-6-18-15-19(27)10-12-25(18,4)23(20)11-13-26(21,22)5/h15-17,20-23H,6-14H2,1-5H3/t17-,20?,21?,22?,23?,25-,26+/m0/s1. The molecule has 4 aliphatic rings. The molecule has 0 aliphatic heterocycles. The van der Waals surface area contributed by atoms with Crippen molar-refractivity contribution in [2.75, 3.05) is 0 Å². The van der Waals surface area contributed by atoms with E-state index < -0.39 is 0 Å². The molecule has 0 bridgehead atoms. The van der Waals surface area contributed by atoms with Gasteiger partial charge in [0.25, 0.3) is 0 Å². The van der Waals surface area contributed by atoms with Crippen molar-refractivity contribution < 1.29 is 14.3 Å². The zero-order valence-corrected chi connectivity index (χ0v) is 19.1. The van der Waals surface area contributed by atoms with Crippen molar-refractivity contribution in [3.05, 3.63) is 11.6 Å². The number of hydrogen-bond acceptors (Lipinski definition) is 3. The van der Waals surface area contributed by atoms with Crippen molar-refractivity contribution in [3.8, 4) is 0 Å². The van der Waals surface area contributed by atoms with Crippen molar-refractivity contribution in [2.24, 2.45) is 40.4 Å². The molecule has 0 spiro atoms. The predicted octanol–water partition coefficient (Wildman–Crippen LogP) is 6.11. The lowest BCUT2D eigenvalue weighted by atomic mass is 9.46. The van der Waals surface area contributed by atoms with Crippen LogP contribution in [0.2, 0.25) is 0 Å². The number of esters is 1. The predicted molar refractivity (Wildman–Crippen MR) is 115 cm³/mol. The zero-order valence-electron chi connectivity index (χ0n) is 19.1. The first kappa shape index (κ1) is 21.1. The Labute approximate surface area is 177 Å². The van der Waals surface area contributed by atoms with E-state index in [4.69, 9.17) is 4.74 Å². The Morgan fingerprint density at radius 1 is 1.07 bits per heavy atom. The van der Waals surface area contributed by atoms with Gasteiger partial charge in [-0.2, -0.15) is 0 Å². The average Bonchev–Trinajstić information content (AvgIpc) is 2.99. The van der Waals surface area contributed by atoms with Crippen LogP contribution in [0.1, 0.15) is 92.4 Å². The molecule has 0 aromatic carbocycles. The summed E-state index contributed by atoms with van der Waals surface area (Å²) in [6, 6.07) is 0. The Morgan fingerprint density at radius 2 is 1.83 bits per heavy atom. The Kier molecular flexibility index (Phi) is 5.49. The first-order valence-corrected chi connectivity index (χ1v) is 12.1. The third-order valence-electron chi connectivity index (χ3n) is 9.49. The monoisotopic (exact) mass is 400 g/mol. The van der Waals surface area contributed by atoms with Crippen LogP contribution in [0, 0.1) is 40.4 Å². The van der Waals surface area contributed by atoms with Crippen LogP contribution >= 0.6 is 0 Å². The van der Waals surface area contributed by atoms with E-state index in [1.807, 2.05) is 6.08 Å². The highest BCUT2D eigenvalue weighted by atomic mass is 16.5. The van der Waals surface area contributed by atoms with E-state index in [1.54, 1.807) is 0 Å². The third-order valence-corrected chi connectivity index (χ3v) is 9.49. The van der Waals surface area contributed by atoms with E-state index in [1.165, 1.54) is 37.7 Å². The van der Waals surface area contributed by atoms with E-state index in [9.17, 15) is 9.59 Å². The van der Waals surface area contributed by atoms with Crippen molar-refractivity contribution in [2.45, 2.75) is 98.5 Å². The number of carbonyl (C=O) groups excluding carboxylic acids is 2. The van der Waals surface area contributed by atoms with Gasteiger partial charge in [0.1, 0.15) is 6.10 Å². The summed E-state index contributed by atoms with van der Waals surface area (Å²) < 4.78 is 5.93. The van der Waals surface area contributed by atoms with Crippen molar-refractivity contribution in [3.63, 3.8) is 0 Å². The molecule has 3 saturated carbocycles. The lowest BCUT2D eigenvalue weighted by Gasteiger charge is -2.58. The van der Waals surface area contributed by atoms with Crippen LogP contribution in [0.15, 0.2) is 11.6 Å². The van der Waals surface area contributed by atoms with Crippen LogP contribution in [-0.2, 0) is 14.3 Å². The average molecular weight is 401 g/mol. The number of allylic oxidation sites excluding steroid dienone is 1. The number of rotatable bonds is 4. The minimum Gasteiger partial charge on any atom is -0.462 e. The number of ketones is 1. The normalized spacial score (nSPS) is 42.6. The Hall–Kier alpha value is -1.12. The van der Waals surface area contributed by atoms with Gasteiger partial charge in [0.15, 0.2) is 5.78 Å². The third kappa shape index (κ3) is 3.51. The fourth-order valence-electron chi connectivity index (χ4n) is 8.04. The maximum atomic E-state index is 12.3. The molecule has 162 valence electrons. The largest absolute Gasteiger partial charge is 0.462 e. The van der Waals surface area contributed by atoms with Crippen LogP contribution in [0.5, 0.6) is 0 Å². The maximum Gasteiger partial charge on any atom is 0.306 e. The zero-order chi connectivity index (χ0) is 21.0. The number of hydrogen-bond donors (Lipinski definition) is 0. The Morgan fingerprint density at radius 3 is 2.55 bits per heavy atom. The van der Waals surface area contributed by atoms with Gasteiger partial charge < -0.3 is 4.74 Å². The van der Waals surface area contributed by atoms with Gasteiger partial charge in [0.05, 0.1) is 0 Å². The van der Waals surface area contributed by atoms with Crippen LogP contribution < -0.4 is 0 Å². The molecule has 3 fully saturated rings. The molecule has 0 N–H and O–H groups in total. The van der Waals surface area contributed by atoms with Gasteiger partial charge in [-0.25, -0.2) is 0 Å². The molecule has 4 aliphatic carbocycles. The minimum absolute atomic E-state index is 0.0229. The van der Waals surface area contributed by atoms with Crippen molar-refractivity contribution in [1.29, 1.82) is 0 Å². The summed E-state index contributed by atoms with van der Waals surface area (Å²) in [5, 5.41) is 0. The summed E-state index contributed by atoms with van der Waals surface area (Å²) in [7, 11) is 0. The first-order valence-electron chi connectivity index (χ1n) is 12.1. The molecule has 4 rings (SSSR count). The van der Waals surface area contributed by atoms with Gasteiger partial charge in [0.2, 0.25) is 0 Å². The fourth-order valence-corrected chi connectivity index (χ4v) is 8.04. The second kappa shape index (κ2) is 7.54. The van der Waals surface area contributed by atoms with Gasteiger partial charge in [-0.3, -0.25) is 9.59 Å². The molecule has 0 aromatic heterocycles. The molecule has 0 saturated heterocycles. The molecule has 0 heterocycles. The number of ether oxygens (including phenoxy) is 1. The fraction of sp³-hybridized carbons (Fsp3) is 0.846. The van der Waals surface area contributed by atoms with E-state index in [0.29, 0.717) is 29.5 Å². The molecule has 29 heavy (non-hydrogen) atoms. The number of carbonyl (C=O) groups is 2. The molecule has 0 aromatic rings. The van der Waals surface area contributed by atoms with E-state index in [0.717, 1.165) is 37.0 Å². The maximum absolute atomic E-state index is 12.3. The van der Waals surface area contributed by atoms with Crippen molar-refractivity contribution in [1.82, 2.24) is 0 Å². The minimum atomic E-state index is -0.0277.